The van der Waals surface area contributed by atoms with Crippen LogP contribution in [0.4, 0.5) is 14.5 Å². The van der Waals surface area contributed by atoms with Crippen LogP contribution in [0.1, 0.15) is 18.4 Å². The van der Waals surface area contributed by atoms with E-state index < -0.39 is 17.7 Å². The summed E-state index contributed by atoms with van der Waals surface area (Å²) < 4.78 is 27.1. The van der Waals surface area contributed by atoms with Gasteiger partial charge in [-0.25, -0.2) is 8.78 Å². The second-order valence-electron chi connectivity index (χ2n) is 6.76. The summed E-state index contributed by atoms with van der Waals surface area (Å²) in [5, 5.41) is 2.49. The van der Waals surface area contributed by atoms with Gasteiger partial charge in [0.25, 0.3) is 0 Å². The summed E-state index contributed by atoms with van der Waals surface area (Å²) in [7, 11) is 0. The molecule has 27 heavy (non-hydrogen) atoms. The lowest BCUT2D eigenvalue weighted by Crippen LogP contribution is -2.41. The Bertz CT molecular complexity index is 775. The topological polar surface area (TPSA) is 58.4 Å². The quantitative estimate of drug-likeness (QED) is 0.815. The Balaban J connectivity index is 0.00000261. The maximum atomic E-state index is 13.8. The summed E-state index contributed by atoms with van der Waals surface area (Å²) in [5.41, 5.74) is 7.00. The van der Waals surface area contributed by atoms with Gasteiger partial charge in [-0.05, 0) is 37.1 Å². The molecule has 1 fully saturated rings. The third-order valence-corrected chi connectivity index (χ3v) is 5.11. The molecule has 1 aliphatic rings. The van der Waals surface area contributed by atoms with Crippen molar-refractivity contribution < 1.29 is 13.6 Å². The molecule has 4 nitrogen and oxygen atoms in total. The fraction of sp³-hybridized carbons (Fsp3) is 0.350. The lowest BCUT2D eigenvalue weighted by atomic mass is 9.89. The highest BCUT2D eigenvalue weighted by atomic mass is 35.5. The first-order chi connectivity index (χ1) is 12.5. The van der Waals surface area contributed by atoms with Crippen molar-refractivity contribution in [1.82, 2.24) is 4.90 Å². The number of rotatable bonds is 5. The second kappa shape index (κ2) is 9.26. The van der Waals surface area contributed by atoms with E-state index in [2.05, 4.69) is 17.4 Å². The molecule has 0 aromatic heterocycles. The summed E-state index contributed by atoms with van der Waals surface area (Å²) in [4.78, 5) is 14.6. The van der Waals surface area contributed by atoms with Crippen LogP contribution in [0.5, 0.6) is 0 Å². The zero-order chi connectivity index (χ0) is 18.7. The highest BCUT2D eigenvalue weighted by molar-refractivity contribution is 5.94. The van der Waals surface area contributed by atoms with Crippen molar-refractivity contribution in [2.24, 2.45) is 11.7 Å². The van der Waals surface area contributed by atoms with Crippen LogP contribution in [0.25, 0.3) is 0 Å². The Morgan fingerprint density at radius 2 is 1.93 bits per heavy atom. The molecule has 1 amide bonds. The first-order valence-corrected chi connectivity index (χ1v) is 8.74. The molecule has 3 atom stereocenters. The monoisotopic (exact) mass is 395 g/mol. The van der Waals surface area contributed by atoms with Crippen molar-refractivity contribution in [3.05, 3.63) is 65.7 Å². The number of carbonyl (C=O) groups excluding carboxylic acids is 1. The van der Waals surface area contributed by atoms with Crippen LogP contribution in [0, 0.1) is 17.6 Å². The zero-order valence-electron chi connectivity index (χ0n) is 15.1. The van der Waals surface area contributed by atoms with Gasteiger partial charge in [-0.1, -0.05) is 30.3 Å². The predicted molar refractivity (Wildman–Crippen MR) is 105 cm³/mol. The molecule has 0 saturated carbocycles. The molecular weight excluding hydrogens is 372 g/mol. The predicted octanol–water partition coefficient (Wildman–Crippen LogP) is 3.39. The summed E-state index contributed by atoms with van der Waals surface area (Å²) in [6, 6.07) is 12.6. The number of likely N-dealkylation sites (tertiary alicyclic amines) is 1. The van der Waals surface area contributed by atoms with Gasteiger partial charge in [-0.2, -0.15) is 0 Å². The van der Waals surface area contributed by atoms with E-state index in [0.717, 1.165) is 18.2 Å². The van der Waals surface area contributed by atoms with E-state index in [0.29, 0.717) is 19.6 Å². The van der Waals surface area contributed by atoms with Crippen molar-refractivity contribution in [2.75, 3.05) is 25.0 Å². The van der Waals surface area contributed by atoms with Gasteiger partial charge in [-0.3, -0.25) is 9.69 Å². The molecule has 0 aliphatic carbocycles. The molecule has 0 radical (unpaired) electrons. The van der Waals surface area contributed by atoms with Crippen molar-refractivity contribution in [3.8, 4) is 0 Å². The fourth-order valence-corrected chi connectivity index (χ4v) is 3.53. The molecule has 7 heteroatoms. The molecular formula is C20H24ClF2N3O. The molecule has 0 bridgehead atoms. The molecule has 3 rings (SSSR count). The standard InChI is InChI=1S/C20H23F2N3O.ClH/c1-13(20(26)24-19-9-16(21)7-8-18(19)22)25-11-15(10-23)17(12-25)14-5-3-2-4-6-14;/h2-9,13,15,17H,10-12,23H2,1H3,(H,24,26);1H/t13?,15-,17+;/m1./s1. The number of nitrogens with one attached hydrogen (secondary N) is 1. The number of benzene rings is 2. The smallest absolute Gasteiger partial charge is 0.241 e. The first-order valence-electron chi connectivity index (χ1n) is 8.74. The van der Waals surface area contributed by atoms with E-state index in [1.165, 1.54) is 5.56 Å². The first kappa shape index (κ1) is 21.3. The Kier molecular flexibility index (Phi) is 7.30. The van der Waals surface area contributed by atoms with Crippen LogP contribution in [0.3, 0.4) is 0 Å². The third kappa shape index (κ3) is 4.83. The maximum absolute atomic E-state index is 13.8. The minimum Gasteiger partial charge on any atom is -0.330 e. The van der Waals surface area contributed by atoms with Gasteiger partial charge < -0.3 is 11.1 Å². The van der Waals surface area contributed by atoms with E-state index in [1.54, 1.807) is 6.92 Å². The van der Waals surface area contributed by atoms with Crippen LogP contribution >= 0.6 is 12.4 Å². The van der Waals surface area contributed by atoms with Crippen molar-refractivity contribution in [3.63, 3.8) is 0 Å². The average molecular weight is 396 g/mol. The number of halogens is 3. The summed E-state index contributed by atoms with van der Waals surface area (Å²) in [6.45, 7) is 3.69. The van der Waals surface area contributed by atoms with E-state index >= 15 is 0 Å². The highest BCUT2D eigenvalue weighted by Gasteiger charge is 2.37. The van der Waals surface area contributed by atoms with Gasteiger partial charge in [0.05, 0.1) is 11.7 Å². The largest absolute Gasteiger partial charge is 0.330 e. The average Bonchev–Trinajstić information content (AvgIpc) is 3.09. The van der Waals surface area contributed by atoms with Crippen LogP contribution in [-0.2, 0) is 4.79 Å². The number of carbonyl (C=O) groups is 1. The molecule has 1 saturated heterocycles. The number of nitrogens with zero attached hydrogens (tertiary/aromatic N) is 1. The minimum absolute atomic E-state index is 0. The fourth-order valence-electron chi connectivity index (χ4n) is 3.53. The SMILES string of the molecule is CC(C(=O)Nc1cc(F)ccc1F)N1C[C@@H](CN)[C@H](c2ccccc2)C1.Cl. The number of hydrogen-bond donors (Lipinski definition) is 2. The van der Waals surface area contributed by atoms with E-state index in [-0.39, 0.29) is 35.8 Å². The van der Waals surface area contributed by atoms with Crippen molar-refractivity contribution in [2.45, 2.75) is 18.9 Å². The molecule has 146 valence electrons. The van der Waals surface area contributed by atoms with Gasteiger partial charge in [0.1, 0.15) is 11.6 Å². The van der Waals surface area contributed by atoms with E-state index in [1.807, 2.05) is 23.1 Å². The number of amides is 1. The van der Waals surface area contributed by atoms with Crippen LogP contribution in [0.15, 0.2) is 48.5 Å². The Labute approximate surface area is 164 Å². The number of nitrogens with two attached hydrogens (primary N) is 1. The summed E-state index contributed by atoms with van der Waals surface area (Å²) >= 11 is 0. The molecule has 1 aliphatic heterocycles. The van der Waals surface area contributed by atoms with E-state index in [4.69, 9.17) is 5.73 Å². The normalized spacial score (nSPS) is 20.7. The van der Waals surface area contributed by atoms with Crippen molar-refractivity contribution >= 4 is 24.0 Å². The second-order valence-corrected chi connectivity index (χ2v) is 6.76. The van der Waals surface area contributed by atoms with Crippen LogP contribution in [0.2, 0.25) is 0 Å². The third-order valence-electron chi connectivity index (χ3n) is 5.11. The Hall–Kier alpha value is -2.02. The highest BCUT2D eigenvalue weighted by Crippen LogP contribution is 2.33. The van der Waals surface area contributed by atoms with Crippen LogP contribution in [-0.4, -0.2) is 36.5 Å². The van der Waals surface area contributed by atoms with Gasteiger partial charge in [0, 0.05) is 25.1 Å². The Morgan fingerprint density at radius 3 is 2.59 bits per heavy atom. The lowest BCUT2D eigenvalue weighted by molar-refractivity contribution is -0.120. The molecule has 3 N–H and O–H groups in total. The molecule has 1 heterocycles. The van der Waals surface area contributed by atoms with Gasteiger partial charge in [0.2, 0.25) is 5.91 Å². The van der Waals surface area contributed by atoms with Gasteiger partial charge in [-0.15, -0.1) is 12.4 Å². The molecule has 1 unspecified atom stereocenters. The maximum Gasteiger partial charge on any atom is 0.241 e. The molecule has 0 spiro atoms. The lowest BCUT2D eigenvalue weighted by Gasteiger charge is -2.23. The molecule has 2 aromatic carbocycles. The summed E-state index contributed by atoms with van der Waals surface area (Å²) in [5.74, 6) is -1.11. The van der Waals surface area contributed by atoms with Gasteiger partial charge in [0.15, 0.2) is 0 Å². The summed E-state index contributed by atoms with van der Waals surface area (Å²) in [6.07, 6.45) is 0. The zero-order valence-corrected chi connectivity index (χ0v) is 15.9. The minimum atomic E-state index is -0.657. The molecule has 2 aromatic rings. The van der Waals surface area contributed by atoms with Crippen molar-refractivity contribution in [1.29, 1.82) is 0 Å². The van der Waals surface area contributed by atoms with Crippen LogP contribution < -0.4 is 11.1 Å². The Morgan fingerprint density at radius 1 is 1.22 bits per heavy atom. The van der Waals surface area contributed by atoms with E-state index in [9.17, 15) is 13.6 Å². The number of hydrogen-bond acceptors (Lipinski definition) is 3. The number of anilines is 1. The van der Waals surface area contributed by atoms with Gasteiger partial charge >= 0.3 is 0 Å².